The third-order valence-electron chi connectivity index (χ3n) is 2.70. The second-order valence-corrected chi connectivity index (χ2v) is 4.40. The van der Waals surface area contributed by atoms with Gasteiger partial charge < -0.3 is 10.8 Å². The third-order valence-corrected chi connectivity index (χ3v) is 3.06. The lowest BCUT2D eigenvalue weighted by molar-refractivity contribution is 0.475. The molecule has 1 unspecified atom stereocenters. The Morgan fingerprint density at radius 2 is 1.82 bits per heavy atom. The molecule has 0 saturated heterocycles. The Bertz CT molecular complexity index is 499. The molecule has 0 aliphatic carbocycles. The Morgan fingerprint density at radius 3 is 2.47 bits per heavy atom. The molecule has 88 valence electrons. The molecule has 2 aromatic carbocycles. The van der Waals surface area contributed by atoms with E-state index in [1.807, 2.05) is 30.3 Å². The third kappa shape index (κ3) is 2.99. The molecule has 2 nitrogen and oxygen atoms in total. The first-order valence-electron chi connectivity index (χ1n) is 5.45. The standard InChI is InChI=1S/C14H14ClNO/c15-13-9-12(17)7-6-11(13)8-14(16)10-4-2-1-3-5-10/h1-7,9,14,17H,8,16H2. The summed E-state index contributed by atoms with van der Waals surface area (Å²) in [7, 11) is 0. The molecular weight excluding hydrogens is 234 g/mol. The van der Waals surface area contributed by atoms with Crippen molar-refractivity contribution in [1.29, 1.82) is 0 Å². The summed E-state index contributed by atoms with van der Waals surface area (Å²) in [5.74, 6) is 0.173. The van der Waals surface area contributed by atoms with E-state index in [4.69, 9.17) is 17.3 Å². The van der Waals surface area contributed by atoms with Gasteiger partial charge >= 0.3 is 0 Å². The number of hydrogen-bond acceptors (Lipinski definition) is 2. The maximum Gasteiger partial charge on any atom is 0.117 e. The Hall–Kier alpha value is -1.51. The van der Waals surface area contributed by atoms with E-state index in [0.29, 0.717) is 11.4 Å². The SMILES string of the molecule is NC(Cc1ccc(O)cc1Cl)c1ccccc1. The maximum absolute atomic E-state index is 9.27. The lowest BCUT2D eigenvalue weighted by Crippen LogP contribution is -2.13. The Morgan fingerprint density at radius 1 is 1.12 bits per heavy atom. The van der Waals surface area contributed by atoms with Gasteiger partial charge in [0.1, 0.15) is 5.75 Å². The van der Waals surface area contributed by atoms with Crippen LogP contribution in [-0.2, 0) is 6.42 Å². The van der Waals surface area contributed by atoms with E-state index in [0.717, 1.165) is 11.1 Å². The van der Waals surface area contributed by atoms with Crippen molar-refractivity contribution in [2.45, 2.75) is 12.5 Å². The Balaban J connectivity index is 2.16. The summed E-state index contributed by atoms with van der Waals surface area (Å²) >= 11 is 6.05. The Labute approximate surface area is 106 Å². The van der Waals surface area contributed by atoms with E-state index in [1.54, 1.807) is 12.1 Å². The number of nitrogens with two attached hydrogens (primary N) is 1. The minimum atomic E-state index is -0.0850. The van der Waals surface area contributed by atoms with Crippen molar-refractivity contribution in [3.8, 4) is 5.75 Å². The lowest BCUT2D eigenvalue weighted by Gasteiger charge is -2.13. The van der Waals surface area contributed by atoms with Crippen LogP contribution in [0.5, 0.6) is 5.75 Å². The van der Waals surface area contributed by atoms with Crippen LogP contribution in [0.3, 0.4) is 0 Å². The smallest absolute Gasteiger partial charge is 0.117 e. The van der Waals surface area contributed by atoms with Gasteiger partial charge in [0.15, 0.2) is 0 Å². The van der Waals surface area contributed by atoms with Gasteiger partial charge in [0.05, 0.1) is 0 Å². The van der Waals surface area contributed by atoms with Crippen LogP contribution >= 0.6 is 11.6 Å². The van der Waals surface area contributed by atoms with Crippen LogP contribution in [-0.4, -0.2) is 5.11 Å². The largest absolute Gasteiger partial charge is 0.508 e. The minimum absolute atomic E-state index is 0.0850. The molecule has 0 aromatic heterocycles. The molecule has 0 radical (unpaired) electrons. The van der Waals surface area contributed by atoms with E-state index in [9.17, 15) is 5.11 Å². The molecule has 0 saturated carbocycles. The highest BCUT2D eigenvalue weighted by atomic mass is 35.5. The van der Waals surface area contributed by atoms with Crippen molar-refractivity contribution >= 4 is 11.6 Å². The number of aromatic hydroxyl groups is 1. The normalized spacial score (nSPS) is 12.4. The van der Waals surface area contributed by atoms with Crippen molar-refractivity contribution in [3.63, 3.8) is 0 Å². The highest BCUT2D eigenvalue weighted by Crippen LogP contribution is 2.25. The van der Waals surface area contributed by atoms with Crippen LogP contribution in [0.1, 0.15) is 17.2 Å². The summed E-state index contributed by atoms with van der Waals surface area (Å²) < 4.78 is 0. The summed E-state index contributed by atoms with van der Waals surface area (Å²) in [5.41, 5.74) is 8.14. The molecule has 3 N–H and O–H groups in total. The lowest BCUT2D eigenvalue weighted by atomic mass is 10.00. The number of phenols is 1. The first-order valence-corrected chi connectivity index (χ1v) is 5.82. The number of rotatable bonds is 3. The first-order chi connectivity index (χ1) is 8.16. The van der Waals surface area contributed by atoms with E-state index in [-0.39, 0.29) is 11.8 Å². The fraction of sp³-hybridized carbons (Fsp3) is 0.143. The molecule has 2 aromatic rings. The van der Waals surface area contributed by atoms with E-state index in [1.165, 1.54) is 6.07 Å². The molecule has 0 heterocycles. The molecule has 0 amide bonds. The van der Waals surface area contributed by atoms with Gasteiger partial charge in [-0.25, -0.2) is 0 Å². The van der Waals surface area contributed by atoms with Crippen LogP contribution in [0.25, 0.3) is 0 Å². The van der Waals surface area contributed by atoms with Crippen molar-refractivity contribution in [2.24, 2.45) is 5.73 Å². The van der Waals surface area contributed by atoms with Crippen LogP contribution in [0.15, 0.2) is 48.5 Å². The average Bonchev–Trinajstić information content (AvgIpc) is 2.34. The topological polar surface area (TPSA) is 46.2 Å². The van der Waals surface area contributed by atoms with E-state index < -0.39 is 0 Å². The molecule has 2 rings (SSSR count). The summed E-state index contributed by atoms with van der Waals surface area (Å²) in [5, 5.41) is 9.83. The quantitative estimate of drug-likeness (QED) is 0.874. The van der Waals surface area contributed by atoms with Gasteiger partial charge in [0, 0.05) is 11.1 Å². The van der Waals surface area contributed by atoms with Gasteiger partial charge in [0.2, 0.25) is 0 Å². The molecule has 0 spiro atoms. The van der Waals surface area contributed by atoms with Crippen LogP contribution in [0.4, 0.5) is 0 Å². The number of halogens is 1. The zero-order valence-electron chi connectivity index (χ0n) is 9.31. The van der Waals surface area contributed by atoms with E-state index >= 15 is 0 Å². The monoisotopic (exact) mass is 247 g/mol. The predicted octanol–water partition coefficient (Wildman–Crippen LogP) is 3.29. The summed E-state index contributed by atoms with van der Waals surface area (Å²) in [6.07, 6.45) is 0.656. The van der Waals surface area contributed by atoms with E-state index in [2.05, 4.69) is 0 Å². The molecule has 0 aliphatic rings. The summed E-state index contributed by atoms with van der Waals surface area (Å²) in [6.45, 7) is 0. The number of benzene rings is 2. The highest BCUT2D eigenvalue weighted by Gasteiger charge is 2.09. The van der Waals surface area contributed by atoms with Gasteiger partial charge in [-0.1, -0.05) is 48.0 Å². The average molecular weight is 248 g/mol. The summed E-state index contributed by atoms with van der Waals surface area (Å²) in [6, 6.07) is 14.8. The van der Waals surface area contributed by atoms with Crippen LogP contribution < -0.4 is 5.73 Å². The van der Waals surface area contributed by atoms with Crippen LogP contribution in [0, 0.1) is 0 Å². The molecule has 1 atom stereocenters. The van der Waals surface area contributed by atoms with Gasteiger partial charge in [-0.3, -0.25) is 0 Å². The number of hydrogen-bond donors (Lipinski definition) is 2. The fourth-order valence-electron chi connectivity index (χ4n) is 1.76. The van der Waals surface area contributed by atoms with Gasteiger partial charge in [0.25, 0.3) is 0 Å². The Kier molecular flexibility index (Phi) is 3.67. The predicted molar refractivity (Wildman–Crippen MR) is 70.2 cm³/mol. The van der Waals surface area contributed by atoms with Crippen molar-refractivity contribution < 1.29 is 5.11 Å². The zero-order chi connectivity index (χ0) is 12.3. The fourth-order valence-corrected chi connectivity index (χ4v) is 2.01. The first kappa shape index (κ1) is 12.0. The van der Waals surface area contributed by atoms with Gasteiger partial charge in [-0.2, -0.15) is 0 Å². The number of phenolic OH excluding ortho intramolecular Hbond substituents is 1. The molecule has 0 fully saturated rings. The second-order valence-electron chi connectivity index (χ2n) is 4.00. The summed E-state index contributed by atoms with van der Waals surface area (Å²) in [4.78, 5) is 0. The molecule has 3 heteroatoms. The van der Waals surface area contributed by atoms with Gasteiger partial charge in [-0.15, -0.1) is 0 Å². The van der Waals surface area contributed by atoms with Crippen molar-refractivity contribution in [1.82, 2.24) is 0 Å². The van der Waals surface area contributed by atoms with Crippen molar-refractivity contribution in [3.05, 3.63) is 64.7 Å². The zero-order valence-corrected chi connectivity index (χ0v) is 10.1. The maximum atomic E-state index is 9.27. The highest BCUT2D eigenvalue weighted by molar-refractivity contribution is 6.31. The molecule has 17 heavy (non-hydrogen) atoms. The van der Waals surface area contributed by atoms with Gasteiger partial charge in [-0.05, 0) is 29.7 Å². The second kappa shape index (κ2) is 5.21. The minimum Gasteiger partial charge on any atom is -0.508 e. The van der Waals surface area contributed by atoms with Crippen LogP contribution in [0.2, 0.25) is 5.02 Å². The molecular formula is C14H14ClNO. The van der Waals surface area contributed by atoms with Crippen molar-refractivity contribution in [2.75, 3.05) is 0 Å². The molecule has 0 aliphatic heterocycles. The molecule has 0 bridgehead atoms.